The predicted octanol–water partition coefficient (Wildman–Crippen LogP) is 4.85. The highest BCUT2D eigenvalue weighted by Gasteiger charge is 2.23. The number of esters is 2. The first-order valence-electron chi connectivity index (χ1n) is 12.0. The second-order valence-corrected chi connectivity index (χ2v) is 9.78. The number of hydrogen-bond donors (Lipinski definition) is 0. The molecule has 7 nitrogen and oxygen atoms in total. The molecule has 0 saturated heterocycles. The van der Waals surface area contributed by atoms with Gasteiger partial charge in [-0.3, -0.25) is 9.59 Å². The lowest BCUT2D eigenvalue weighted by Crippen LogP contribution is -2.35. The summed E-state index contributed by atoms with van der Waals surface area (Å²) in [6, 6.07) is 17.9. The molecule has 8 heteroatoms. The molecule has 0 spiro atoms. The molecule has 0 aromatic heterocycles. The third-order valence-electron chi connectivity index (χ3n) is 6.32. The van der Waals surface area contributed by atoms with Crippen molar-refractivity contribution in [3.63, 3.8) is 0 Å². The maximum absolute atomic E-state index is 12.4. The Morgan fingerprint density at radius 2 is 1.76 bits per heavy atom. The van der Waals surface area contributed by atoms with Gasteiger partial charge in [-0.2, -0.15) is 0 Å². The fourth-order valence-corrected chi connectivity index (χ4v) is 5.45. The normalized spacial score (nSPS) is 12.7. The van der Waals surface area contributed by atoms with Gasteiger partial charge in [0.1, 0.15) is 12.3 Å². The number of benzene rings is 3. The van der Waals surface area contributed by atoms with Crippen molar-refractivity contribution in [1.82, 2.24) is 0 Å². The van der Waals surface area contributed by atoms with E-state index in [2.05, 4.69) is 12.0 Å². The van der Waals surface area contributed by atoms with Crippen molar-refractivity contribution in [3.8, 4) is 18.1 Å². The smallest absolute Gasteiger partial charge is 0.326 e. The quantitative estimate of drug-likeness (QED) is 0.214. The Balaban J connectivity index is 1.75. The first kappa shape index (κ1) is 26.2. The summed E-state index contributed by atoms with van der Waals surface area (Å²) in [5, 5.41) is 1.91. The minimum atomic E-state index is -0.342. The summed E-state index contributed by atoms with van der Waals surface area (Å²) in [5.74, 6) is 2.99. The molecule has 1 unspecified atom stereocenters. The van der Waals surface area contributed by atoms with Gasteiger partial charge >= 0.3 is 11.9 Å². The minimum Gasteiger partial charge on any atom is -0.493 e. The van der Waals surface area contributed by atoms with Crippen molar-refractivity contribution >= 4 is 46.0 Å². The average Bonchev–Trinajstić information content (AvgIpc) is 3.38. The third kappa shape index (κ3) is 5.95. The summed E-state index contributed by atoms with van der Waals surface area (Å²) in [7, 11) is 2.77. The van der Waals surface area contributed by atoms with Gasteiger partial charge in [0.2, 0.25) is 0 Å². The molecule has 0 aliphatic carbocycles. The van der Waals surface area contributed by atoms with Crippen LogP contribution in [0.1, 0.15) is 18.9 Å². The van der Waals surface area contributed by atoms with Crippen molar-refractivity contribution in [2.24, 2.45) is 0 Å². The number of terminal acetylenes is 1. The van der Waals surface area contributed by atoms with Crippen LogP contribution in [0.4, 0.5) is 11.4 Å². The zero-order chi connectivity index (χ0) is 26.4. The highest BCUT2D eigenvalue weighted by molar-refractivity contribution is 8.00. The topological polar surface area (TPSA) is 68.3 Å². The molecule has 3 aromatic carbocycles. The SMILES string of the molecule is C#CCN(c1ccc(N(CC(=O)OC)Sc2ccc3c(c2)CCO3)c2ccccc12)C(C)CC(=O)OC. The van der Waals surface area contributed by atoms with Crippen molar-refractivity contribution in [3.05, 3.63) is 60.2 Å². The number of anilines is 2. The fourth-order valence-electron chi connectivity index (χ4n) is 4.44. The van der Waals surface area contributed by atoms with Crippen LogP contribution in [0.15, 0.2) is 59.5 Å². The Labute approximate surface area is 221 Å². The van der Waals surface area contributed by atoms with E-state index < -0.39 is 0 Å². The lowest BCUT2D eigenvalue weighted by molar-refractivity contribution is -0.141. The number of carbonyl (C=O) groups excluding carboxylic acids is 2. The number of rotatable bonds is 10. The van der Waals surface area contributed by atoms with E-state index in [1.165, 1.54) is 26.2 Å². The highest BCUT2D eigenvalue weighted by Crippen LogP contribution is 2.40. The monoisotopic (exact) mass is 518 g/mol. The molecule has 0 fully saturated rings. The van der Waals surface area contributed by atoms with Gasteiger partial charge in [-0.15, -0.1) is 6.42 Å². The van der Waals surface area contributed by atoms with E-state index in [4.69, 9.17) is 20.6 Å². The van der Waals surface area contributed by atoms with E-state index in [-0.39, 0.29) is 30.9 Å². The number of fused-ring (bicyclic) bond motifs is 2. The summed E-state index contributed by atoms with van der Waals surface area (Å²) < 4.78 is 17.5. The standard InChI is InChI=1S/C29H30N2O5S/c1-5-15-30(20(2)17-28(32)34-3)25-11-12-26(24-9-7-6-8-23(24)25)31(19-29(33)35-4)37-22-10-13-27-21(18-22)14-16-36-27/h1,6-13,18,20H,14-17,19H2,2-4H3. The summed E-state index contributed by atoms with van der Waals surface area (Å²) >= 11 is 1.48. The Bertz CT molecular complexity index is 1340. The molecule has 192 valence electrons. The number of methoxy groups -OCH3 is 2. The lowest BCUT2D eigenvalue weighted by atomic mass is 10.0. The van der Waals surface area contributed by atoms with Crippen molar-refractivity contribution in [2.45, 2.75) is 30.7 Å². The molecular formula is C29H30N2O5S. The molecule has 4 rings (SSSR count). The molecule has 3 aromatic rings. The van der Waals surface area contributed by atoms with Gasteiger partial charge in [0, 0.05) is 33.8 Å². The summed E-state index contributed by atoms with van der Waals surface area (Å²) in [5.41, 5.74) is 2.94. The fraction of sp³-hybridized carbons (Fsp3) is 0.310. The molecule has 1 aliphatic heterocycles. The number of hydrogen-bond acceptors (Lipinski definition) is 8. The van der Waals surface area contributed by atoms with Crippen molar-refractivity contribution < 1.29 is 23.8 Å². The zero-order valence-corrected chi connectivity index (χ0v) is 22.0. The molecule has 37 heavy (non-hydrogen) atoms. The van der Waals surface area contributed by atoms with Crippen LogP contribution in [-0.4, -0.2) is 51.9 Å². The lowest BCUT2D eigenvalue weighted by Gasteiger charge is -2.31. The molecule has 1 aliphatic rings. The second-order valence-electron chi connectivity index (χ2n) is 8.68. The molecule has 0 N–H and O–H groups in total. The highest BCUT2D eigenvalue weighted by atomic mass is 32.2. The van der Waals surface area contributed by atoms with Gasteiger partial charge < -0.3 is 23.4 Å². The van der Waals surface area contributed by atoms with Gasteiger partial charge in [0.15, 0.2) is 0 Å². The average molecular weight is 519 g/mol. The Morgan fingerprint density at radius 3 is 2.46 bits per heavy atom. The van der Waals surface area contributed by atoms with E-state index in [1.807, 2.05) is 64.7 Å². The van der Waals surface area contributed by atoms with Crippen LogP contribution in [-0.2, 0) is 25.5 Å². The van der Waals surface area contributed by atoms with E-state index >= 15 is 0 Å². The maximum Gasteiger partial charge on any atom is 0.326 e. The van der Waals surface area contributed by atoms with Gasteiger partial charge in [-0.1, -0.05) is 30.2 Å². The number of carbonyl (C=O) groups is 2. The van der Waals surface area contributed by atoms with Crippen LogP contribution in [0.25, 0.3) is 10.8 Å². The van der Waals surface area contributed by atoms with E-state index in [1.54, 1.807) is 0 Å². The maximum atomic E-state index is 12.4. The first-order chi connectivity index (χ1) is 17.9. The van der Waals surface area contributed by atoms with Gasteiger partial charge in [0.25, 0.3) is 0 Å². The Hall–Kier alpha value is -3.83. The molecular weight excluding hydrogens is 488 g/mol. The van der Waals surface area contributed by atoms with Crippen molar-refractivity contribution in [1.29, 1.82) is 0 Å². The third-order valence-corrected chi connectivity index (χ3v) is 7.33. The first-order valence-corrected chi connectivity index (χ1v) is 12.8. The Morgan fingerprint density at radius 1 is 1.05 bits per heavy atom. The van der Waals surface area contributed by atoms with Gasteiger partial charge in [0.05, 0.1) is 39.5 Å². The van der Waals surface area contributed by atoms with E-state index in [0.29, 0.717) is 13.2 Å². The van der Waals surface area contributed by atoms with Gasteiger partial charge in [-0.25, -0.2) is 0 Å². The molecule has 0 amide bonds. The Kier molecular flexibility index (Phi) is 8.47. The number of ether oxygens (including phenoxy) is 3. The van der Waals surface area contributed by atoms with Crippen LogP contribution >= 0.6 is 11.9 Å². The molecule has 1 atom stereocenters. The number of nitrogens with zero attached hydrogens (tertiary/aromatic N) is 2. The van der Waals surface area contributed by atoms with Crippen LogP contribution in [0.3, 0.4) is 0 Å². The molecule has 0 radical (unpaired) electrons. The van der Waals surface area contributed by atoms with Gasteiger partial charge in [-0.05, 0) is 54.8 Å². The van der Waals surface area contributed by atoms with Crippen molar-refractivity contribution in [2.75, 3.05) is 43.1 Å². The van der Waals surface area contributed by atoms with E-state index in [0.717, 1.165) is 44.8 Å². The second kappa shape index (κ2) is 11.9. The van der Waals surface area contributed by atoms with Crippen LogP contribution in [0, 0.1) is 12.3 Å². The van der Waals surface area contributed by atoms with E-state index in [9.17, 15) is 9.59 Å². The summed E-state index contributed by atoms with van der Waals surface area (Å²) in [6.07, 6.45) is 6.78. The minimum absolute atomic E-state index is 0.0604. The zero-order valence-electron chi connectivity index (χ0n) is 21.2. The van der Waals surface area contributed by atoms with Crippen LogP contribution < -0.4 is 13.9 Å². The molecule has 0 bridgehead atoms. The largest absolute Gasteiger partial charge is 0.493 e. The predicted molar refractivity (Wildman–Crippen MR) is 147 cm³/mol. The molecule has 1 heterocycles. The molecule has 0 saturated carbocycles. The summed E-state index contributed by atoms with van der Waals surface area (Å²) in [4.78, 5) is 27.4. The van der Waals surface area contributed by atoms with Crippen LogP contribution in [0.5, 0.6) is 5.75 Å². The summed E-state index contributed by atoms with van der Waals surface area (Å²) in [6.45, 7) is 3.03. The van der Waals surface area contributed by atoms with Crippen LogP contribution in [0.2, 0.25) is 0 Å².